The predicted octanol–water partition coefficient (Wildman–Crippen LogP) is 3.23. The first kappa shape index (κ1) is 22.9. The molecule has 8 heteroatoms. The van der Waals surface area contributed by atoms with Crippen molar-refractivity contribution >= 4 is 34.5 Å². The third-order valence-electron chi connectivity index (χ3n) is 4.04. The van der Waals surface area contributed by atoms with Crippen molar-refractivity contribution in [2.75, 3.05) is 7.11 Å². The molecule has 0 fully saturated rings. The van der Waals surface area contributed by atoms with E-state index in [9.17, 15) is 14.4 Å². The van der Waals surface area contributed by atoms with Crippen LogP contribution in [0.25, 0.3) is 10.9 Å². The van der Waals surface area contributed by atoms with Gasteiger partial charge in [-0.1, -0.05) is 25.6 Å². The first-order valence-electron chi connectivity index (χ1n) is 9.54. The summed E-state index contributed by atoms with van der Waals surface area (Å²) >= 11 is 1.23. The number of hydrogen-bond acceptors (Lipinski definition) is 6. The van der Waals surface area contributed by atoms with Gasteiger partial charge in [0, 0.05) is 12.1 Å². The van der Waals surface area contributed by atoms with Gasteiger partial charge in [0.05, 0.1) is 28.8 Å². The summed E-state index contributed by atoms with van der Waals surface area (Å²) in [5.74, 6) is -0.400. The third kappa shape index (κ3) is 5.82. The van der Waals surface area contributed by atoms with Crippen molar-refractivity contribution in [2.45, 2.75) is 64.0 Å². The molecule has 2 aromatic rings. The molecule has 7 nitrogen and oxygen atoms in total. The lowest BCUT2D eigenvalue weighted by Crippen LogP contribution is -2.44. The van der Waals surface area contributed by atoms with Crippen LogP contribution in [0.5, 0.6) is 0 Å². The first-order valence-corrected chi connectivity index (χ1v) is 10.4. The molecule has 158 valence electrons. The van der Waals surface area contributed by atoms with E-state index in [0.717, 1.165) is 0 Å². The molecule has 1 amide bonds. The molecule has 1 aromatic heterocycles. The Bertz CT molecular complexity index is 976. The fraction of sp³-hybridized carbons (Fsp3) is 0.524. The number of esters is 1. The van der Waals surface area contributed by atoms with Crippen LogP contribution < -0.4 is 10.9 Å². The van der Waals surface area contributed by atoms with Crippen molar-refractivity contribution in [1.29, 1.82) is 0 Å². The molecule has 0 saturated carbocycles. The minimum atomic E-state index is -0.493. The predicted molar refractivity (Wildman–Crippen MR) is 115 cm³/mol. The van der Waals surface area contributed by atoms with Gasteiger partial charge in [-0.25, -0.2) is 9.78 Å². The Morgan fingerprint density at radius 3 is 2.45 bits per heavy atom. The van der Waals surface area contributed by atoms with E-state index >= 15 is 0 Å². The number of rotatable bonds is 6. The highest BCUT2D eigenvalue weighted by Gasteiger charge is 2.23. The number of carbonyl (C=O) groups excluding carboxylic acids is 2. The lowest BCUT2D eigenvalue weighted by molar-refractivity contribution is -0.121. The SMILES string of the molecule is COC(=O)c1ccc2c(=O)n(CC(C)C)c(S[C@@H](C)C(=O)NC(C)(C)C)nc2c1. The molecule has 0 aliphatic rings. The van der Waals surface area contributed by atoms with Crippen LogP contribution in [0.15, 0.2) is 28.2 Å². The molecule has 2 rings (SSSR count). The van der Waals surface area contributed by atoms with Crippen molar-refractivity contribution in [1.82, 2.24) is 14.9 Å². The zero-order valence-corrected chi connectivity index (χ0v) is 18.8. The molecule has 1 heterocycles. The number of amides is 1. The van der Waals surface area contributed by atoms with Crippen LogP contribution in [0, 0.1) is 5.92 Å². The molecule has 0 saturated heterocycles. The second kappa shape index (κ2) is 8.98. The number of aromatic nitrogens is 2. The smallest absolute Gasteiger partial charge is 0.337 e. The number of ether oxygens (including phenoxy) is 1. The molecule has 0 radical (unpaired) electrons. The van der Waals surface area contributed by atoms with E-state index in [0.29, 0.717) is 28.2 Å². The van der Waals surface area contributed by atoms with Crippen molar-refractivity contribution in [3.8, 4) is 0 Å². The fourth-order valence-electron chi connectivity index (χ4n) is 2.74. The zero-order chi connectivity index (χ0) is 21.9. The summed E-state index contributed by atoms with van der Waals surface area (Å²) in [6, 6.07) is 4.70. The maximum Gasteiger partial charge on any atom is 0.337 e. The van der Waals surface area contributed by atoms with Crippen LogP contribution in [0.1, 0.15) is 51.9 Å². The van der Waals surface area contributed by atoms with Crippen LogP contribution in [-0.2, 0) is 16.1 Å². The van der Waals surface area contributed by atoms with Crippen LogP contribution in [0.2, 0.25) is 0 Å². The van der Waals surface area contributed by atoms with E-state index in [2.05, 4.69) is 10.3 Å². The van der Waals surface area contributed by atoms with Gasteiger partial charge in [0.1, 0.15) is 0 Å². The number of methoxy groups -OCH3 is 1. The van der Waals surface area contributed by atoms with Crippen LogP contribution in [0.3, 0.4) is 0 Å². The minimum absolute atomic E-state index is 0.128. The normalized spacial score (nSPS) is 12.8. The highest BCUT2D eigenvalue weighted by molar-refractivity contribution is 8.00. The monoisotopic (exact) mass is 419 g/mol. The van der Waals surface area contributed by atoms with Gasteiger partial charge in [-0.15, -0.1) is 0 Å². The summed E-state index contributed by atoms with van der Waals surface area (Å²) < 4.78 is 6.36. The summed E-state index contributed by atoms with van der Waals surface area (Å²) in [7, 11) is 1.30. The van der Waals surface area contributed by atoms with E-state index in [1.807, 2.05) is 34.6 Å². The maximum absolute atomic E-state index is 13.1. The largest absolute Gasteiger partial charge is 0.465 e. The lowest BCUT2D eigenvalue weighted by Gasteiger charge is -2.23. The number of carbonyl (C=O) groups is 2. The highest BCUT2D eigenvalue weighted by atomic mass is 32.2. The van der Waals surface area contributed by atoms with Gasteiger partial charge < -0.3 is 10.1 Å². The first-order chi connectivity index (χ1) is 13.4. The lowest BCUT2D eigenvalue weighted by atomic mass is 10.1. The molecule has 29 heavy (non-hydrogen) atoms. The molecule has 1 aromatic carbocycles. The van der Waals surface area contributed by atoms with Gasteiger partial charge in [0.15, 0.2) is 5.16 Å². The Balaban J connectivity index is 2.53. The molecule has 1 atom stereocenters. The number of benzene rings is 1. The second-order valence-electron chi connectivity index (χ2n) is 8.43. The van der Waals surface area contributed by atoms with E-state index in [1.54, 1.807) is 29.7 Å². The molecule has 0 aliphatic carbocycles. The van der Waals surface area contributed by atoms with Crippen molar-refractivity contribution in [2.24, 2.45) is 5.92 Å². The Labute approximate surface area is 175 Å². The van der Waals surface area contributed by atoms with E-state index in [4.69, 9.17) is 4.74 Å². The van der Waals surface area contributed by atoms with Crippen molar-refractivity contribution in [3.05, 3.63) is 34.1 Å². The topological polar surface area (TPSA) is 90.3 Å². The molecule has 0 unspecified atom stereocenters. The average Bonchev–Trinajstić information content (AvgIpc) is 2.62. The summed E-state index contributed by atoms with van der Waals surface area (Å²) in [4.78, 5) is 42.1. The van der Waals surface area contributed by atoms with Crippen molar-refractivity contribution < 1.29 is 14.3 Å². The Kier molecular flexibility index (Phi) is 7.11. The molecule has 0 bridgehead atoms. The van der Waals surface area contributed by atoms with Gasteiger partial charge in [0.2, 0.25) is 5.91 Å². The van der Waals surface area contributed by atoms with Crippen LogP contribution in [-0.4, -0.2) is 39.3 Å². The molecular weight excluding hydrogens is 390 g/mol. The summed E-state index contributed by atoms with van der Waals surface area (Å²) in [5, 5.41) is 3.38. The molecule has 0 aliphatic heterocycles. The Morgan fingerprint density at radius 2 is 1.90 bits per heavy atom. The van der Waals surface area contributed by atoms with Crippen LogP contribution >= 0.6 is 11.8 Å². The number of nitrogens with one attached hydrogen (secondary N) is 1. The molecular formula is C21H29N3O4S. The van der Waals surface area contributed by atoms with E-state index in [1.165, 1.54) is 18.9 Å². The Morgan fingerprint density at radius 1 is 1.24 bits per heavy atom. The number of thioether (sulfide) groups is 1. The van der Waals surface area contributed by atoms with E-state index < -0.39 is 11.2 Å². The van der Waals surface area contributed by atoms with Crippen molar-refractivity contribution in [3.63, 3.8) is 0 Å². The summed E-state index contributed by atoms with van der Waals surface area (Å²) in [5.41, 5.74) is 0.188. The third-order valence-corrected chi connectivity index (χ3v) is 5.13. The van der Waals surface area contributed by atoms with Gasteiger partial charge >= 0.3 is 5.97 Å². The number of fused-ring (bicyclic) bond motifs is 1. The zero-order valence-electron chi connectivity index (χ0n) is 18.0. The average molecular weight is 420 g/mol. The quantitative estimate of drug-likeness (QED) is 0.439. The van der Waals surface area contributed by atoms with Gasteiger partial charge in [-0.3, -0.25) is 14.2 Å². The second-order valence-corrected chi connectivity index (χ2v) is 9.73. The minimum Gasteiger partial charge on any atom is -0.465 e. The molecule has 0 spiro atoms. The van der Waals surface area contributed by atoms with Gasteiger partial charge in [0.25, 0.3) is 5.56 Å². The number of nitrogens with zero attached hydrogens (tertiary/aromatic N) is 2. The summed E-state index contributed by atoms with van der Waals surface area (Å²) in [6.07, 6.45) is 0. The molecule has 1 N–H and O–H groups in total. The Hall–Kier alpha value is -2.35. The number of hydrogen-bond donors (Lipinski definition) is 1. The van der Waals surface area contributed by atoms with E-state index in [-0.39, 0.29) is 22.9 Å². The maximum atomic E-state index is 13.1. The fourth-order valence-corrected chi connectivity index (χ4v) is 3.66. The van der Waals surface area contributed by atoms with Gasteiger partial charge in [-0.05, 0) is 51.8 Å². The van der Waals surface area contributed by atoms with Crippen LogP contribution in [0.4, 0.5) is 0 Å². The highest BCUT2D eigenvalue weighted by Crippen LogP contribution is 2.24. The van der Waals surface area contributed by atoms with Gasteiger partial charge in [-0.2, -0.15) is 0 Å². The summed E-state index contributed by atoms with van der Waals surface area (Å²) in [6.45, 7) is 12.0. The standard InChI is InChI=1S/C21H29N3O4S/c1-12(2)11-24-18(26)15-9-8-14(19(27)28-7)10-16(15)22-20(24)29-13(3)17(25)23-21(4,5)6/h8-10,12-13H,11H2,1-7H3,(H,23,25)/t13-/m0/s1.